The summed E-state index contributed by atoms with van der Waals surface area (Å²) < 4.78 is 5.29. The Balaban J connectivity index is 4.57. The second-order valence-corrected chi connectivity index (χ2v) is 6.47. The van der Waals surface area contributed by atoms with Crippen molar-refractivity contribution in [3.8, 4) is 0 Å². The Hall–Kier alpha value is -0.410. The topological polar surface area (TPSA) is 46.5 Å². The van der Waals surface area contributed by atoms with Crippen molar-refractivity contribution in [1.82, 2.24) is 0 Å². The van der Waals surface area contributed by atoms with Crippen LogP contribution in [0.4, 0.5) is 0 Å². The van der Waals surface area contributed by atoms with E-state index in [0.717, 1.165) is 0 Å². The molecule has 16 heavy (non-hydrogen) atoms. The number of methoxy groups -OCH3 is 1. The molecule has 3 heteroatoms. The largest absolute Gasteiger partial charge is 0.390 e. The number of hydrogen-bond donors (Lipinski definition) is 1. The summed E-state index contributed by atoms with van der Waals surface area (Å²) in [7, 11) is 1.57. The molecule has 0 fully saturated rings. The van der Waals surface area contributed by atoms with Crippen molar-refractivity contribution >= 4 is 5.78 Å². The summed E-state index contributed by atoms with van der Waals surface area (Å²) in [6.45, 7) is 11.6. The number of ether oxygens (including phenoxy) is 1. The molecule has 0 saturated heterocycles. The van der Waals surface area contributed by atoms with Gasteiger partial charge in [-0.15, -0.1) is 0 Å². The van der Waals surface area contributed by atoms with Crippen molar-refractivity contribution in [2.75, 3.05) is 7.11 Å². The van der Waals surface area contributed by atoms with Gasteiger partial charge in [0.15, 0.2) is 0 Å². The molecular formula is C13H26O3. The fourth-order valence-corrected chi connectivity index (χ4v) is 1.69. The number of rotatable bonds is 4. The van der Waals surface area contributed by atoms with E-state index >= 15 is 0 Å². The van der Waals surface area contributed by atoms with Gasteiger partial charge < -0.3 is 9.84 Å². The third-order valence-corrected chi connectivity index (χ3v) is 2.69. The molecule has 96 valence electrons. The number of carbonyl (C=O) groups excluding carboxylic acids is 1. The number of hydrogen-bond acceptors (Lipinski definition) is 3. The summed E-state index contributed by atoms with van der Waals surface area (Å²) in [5.74, 6) is 0.0614. The lowest BCUT2D eigenvalue weighted by Crippen LogP contribution is -2.41. The molecular weight excluding hydrogens is 204 g/mol. The number of Topliss-reactive ketones (excluding diaryl/α,β-unsaturated/α-hetero) is 1. The minimum absolute atomic E-state index is 0.0614. The van der Waals surface area contributed by atoms with E-state index in [1.807, 2.05) is 41.5 Å². The van der Waals surface area contributed by atoms with Crippen molar-refractivity contribution in [1.29, 1.82) is 0 Å². The average Bonchev–Trinajstić information content (AvgIpc) is 2.00. The molecule has 0 aromatic carbocycles. The van der Waals surface area contributed by atoms with Gasteiger partial charge in [-0.3, -0.25) is 4.79 Å². The van der Waals surface area contributed by atoms with Crippen LogP contribution < -0.4 is 0 Å². The Morgan fingerprint density at radius 3 is 1.88 bits per heavy atom. The molecule has 0 aliphatic rings. The highest BCUT2D eigenvalue weighted by atomic mass is 16.5. The van der Waals surface area contributed by atoms with E-state index < -0.39 is 11.5 Å². The number of aliphatic hydroxyl groups is 1. The third kappa shape index (κ3) is 4.62. The molecule has 0 amide bonds. The highest BCUT2D eigenvalue weighted by molar-refractivity contribution is 5.84. The van der Waals surface area contributed by atoms with Crippen LogP contribution in [0.2, 0.25) is 0 Å². The maximum Gasteiger partial charge on any atom is 0.140 e. The first-order valence-electron chi connectivity index (χ1n) is 5.74. The van der Waals surface area contributed by atoms with E-state index in [9.17, 15) is 9.90 Å². The Bertz CT molecular complexity index is 233. The molecule has 3 nitrogen and oxygen atoms in total. The van der Waals surface area contributed by atoms with Gasteiger partial charge in [-0.25, -0.2) is 0 Å². The average molecular weight is 230 g/mol. The summed E-state index contributed by atoms with van der Waals surface area (Å²) in [5, 5.41) is 10.0. The molecule has 0 heterocycles. The maximum absolute atomic E-state index is 11.8. The van der Waals surface area contributed by atoms with E-state index in [2.05, 4.69) is 0 Å². The normalized spacial score (nSPS) is 17.0. The van der Waals surface area contributed by atoms with Gasteiger partial charge in [0.25, 0.3) is 0 Å². The summed E-state index contributed by atoms with van der Waals surface area (Å²) >= 11 is 0. The van der Waals surface area contributed by atoms with Crippen LogP contribution >= 0.6 is 0 Å². The first-order valence-corrected chi connectivity index (χ1v) is 5.74. The molecule has 0 bridgehead atoms. The second kappa shape index (κ2) is 5.28. The van der Waals surface area contributed by atoms with Crippen LogP contribution in [0.25, 0.3) is 0 Å². The Morgan fingerprint density at radius 1 is 1.19 bits per heavy atom. The van der Waals surface area contributed by atoms with Crippen LogP contribution in [0, 0.1) is 10.8 Å². The fourth-order valence-electron chi connectivity index (χ4n) is 1.69. The zero-order valence-corrected chi connectivity index (χ0v) is 11.6. The number of carbonyl (C=O) groups is 1. The number of aliphatic hydroxyl groups excluding tert-OH is 1. The highest BCUT2D eigenvalue weighted by Gasteiger charge is 2.34. The second-order valence-electron chi connectivity index (χ2n) is 6.47. The van der Waals surface area contributed by atoms with Gasteiger partial charge in [0.05, 0.1) is 12.2 Å². The zero-order valence-electron chi connectivity index (χ0n) is 11.6. The molecule has 0 radical (unpaired) electrons. The quantitative estimate of drug-likeness (QED) is 0.806. The third-order valence-electron chi connectivity index (χ3n) is 2.69. The minimum atomic E-state index is -0.739. The smallest absolute Gasteiger partial charge is 0.140 e. The van der Waals surface area contributed by atoms with Crippen LogP contribution in [0.5, 0.6) is 0 Å². The molecule has 0 saturated carbocycles. The molecule has 0 spiro atoms. The molecule has 0 rings (SSSR count). The van der Waals surface area contributed by atoms with Crippen molar-refractivity contribution in [3.63, 3.8) is 0 Å². The lowest BCUT2D eigenvalue weighted by atomic mass is 9.81. The first-order chi connectivity index (χ1) is 7.00. The maximum atomic E-state index is 11.8. The van der Waals surface area contributed by atoms with E-state index in [-0.39, 0.29) is 23.7 Å². The fraction of sp³-hybridized carbons (Fsp3) is 0.923. The van der Waals surface area contributed by atoms with Gasteiger partial charge in [0, 0.05) is 18.9 Å². The first kappa shape index (κ1) is 15.6. The lowest BCUT2D eigenvalue weighted by molar-refractivity contribution is -0.133. The van der Waals surface area contributed by atoms with Crippen molar-refractivity contribution in [2.24, 2.45) is 10.8 Å². The molecule has 2 atom stereocenters. The lowest BCUT2D eigenvalue weighted by Gasteiger charge is -2.33. The van der Waals surface area contributed by atoms with Gasteiger partial charge in [0.2, 0.25) is 0 Å². The van der Waals surface area contributed by atoms with Gasteiger partial charge in [0.1, 0.15) is 5.78 Å². The van der Waals surface area contributed by atoms with Crippen LogP contribution in [-0.4, -0.2) is 30.2 Å². The summed E-state index contributed by atoms with van der Waals surface area (Å²) in [6, 6.07) is 0. The molecule has 0 unspecified atom stereocenters. The van der Waals surface area contributed by atoms with Crippen molar-refractivity contribution in [2.45, 2.75) is 60.2 Å². The minimum Gasteiger partial charge on any atom is -0.390 e. The van der Waals surface area contributed by atoms with E-state index in [4.69, 9.17) is 4.74 Å². The monoisotopic (exact) mass is 230 g/mol. The van der Waals surface area contributed by atoms with Gasteiger partial charge >= 0.3 is 0 Å². The van der Waals surface area contributed by atoms with Crippen LogP contribution in [0.15, 0.2) is 0 Å². The summed E-state index contributed by atoms with van der Waals surface area (Å²) in [5.41, 5.74) is -0.580. The van der Waals surface area contributed by atoms with Crippen molar-refractivity contribution in [3.05, 3.63) is 0 Å². The van der Waals surface area contributed by atoms with E-state index in [0.29, 0.717) is 0 Å². The zero-order chi connectivity index (χ0) is 13.1. The van der Waals surface area contributed by atoms with Crippen LogP contribution in [0.1, 0.15) is 48.0 Å². The van der Waals surface area contributed by atoms with E-state index in [1.54, 1.807) is 7.11 Å². The SMILES string of the molecule is CO[C@@H]([C@@H](O)CC(=O)C(C)(C)C)C(C)(C)C. The Morgan fingerprint density at radius 2 is 1.62 bits per heavy atom. The molecule has 0 aliphatic heterocycles. The highest BCUT2D eigenvalue weighted by Crippen LogP contribution is 2.27. The Kier molecular flexibility index (Phi) is 5.15. The predicted molar refractivity (Wildman–Crippen MR) is 65.3 cm³/mol. The Labute approximate surface area is 99.2 Å². The van der Waals surface area contributed by atoms with E-state index in [1.165, 1.54) is 0 Å². The number of ketones is 1. The molecule has 0 aliphatic carbocycles. The summed E-state index contributed by atoms with van der Waals surface area (Å²) in [6.07, 6.45) is -0.908. The van der Waals surface area contributed by atoms with Crippen LogP contribution in [-0.2, 0) is 9.53 Å². The van der Waals surface area contributed by atoms with Gasteiger partial charge in [-0.2, -0.15) is 0 Å². The van der Waals surface area contributed by atoms with Crippen LogP contribution in [0.3, 0.4) is 0 Å². The standard InChI is InChI=1S/C13H26O3/c1-12(2,3)10(15)8-9(14)11(16-7)13(4,5)6/h9,11,14H,8H2,1-7H3/t9-,11-/m0/s1. The van der Waals surface area contributed by atoms with Gasteiger partial charge in [-0.1, -0.05) is 41.5 Å². The van der Waals surface area contributed by atoms with Crippen molar-refractivity contribution < 1.29 is 14.6 Å². The predicted octanol–water partition coefficient (Wildman–Crippen LogP) is 2.41. The summed E-state index contributed by atoms with van der Waals surface area (Å²) in [4.78, 5) is 11.8. The molecule has 0 aromatic heterocycles. The molecule has 1 N–H and O–H groups in total. The molecule has 0 aromatic rings. The van der Waals surface area contributed by atoms with Gasteiger partial charge in [-0.05, 0) is 5.41 Å².